The molecule has 1 heterocycles. The molecule has 6 heteroatoms. The number of rotatable bonds is 3. The summed E-state index contributed by atoms with van der Waals surface area (Å²) >= 11 is 6.10. The van der Waals surface area contributed by atoms with Crippen LogP contribution < -0.4 is 10.6 Å². The first-order valence-corrected chi connectivity index (χ1v) is 6.31. The fourth-order valence-electron chi connectivity index (χ4n) is 2.30. The van der Waals surface area contributed by atoms with Crippen molar-refractivity contribution in [3.63, 3.8) is 0 Å². The standard InChI is InChI=1S/C12H16ClN3O2/c1-8(14)9-4-5-15(7-9)12-3-2-10(16(17)18)6-11(12)13/h2-3,6,8-9H,4-5,7,14H2,1H3. The molecule has 0 amide bonds. The minimum absolute atomic E-state index is 0.0201. The van der Waals surface area contributed by atoms with E-state index in [9.17, 15) is 10.1 Å². The number of hydrogen-bond donors (Lipinski definition) is 1. The zero-order chi connectivity index (χ0) is 13.3. The Kier molecular flexibility index (Phi) is 3.73. The molecule has 2 rings (SSSR count). The zero-order valence-corrected chi connectivity index (χ0v) is 10.9. The van der Waals surface area contributed by atoms with Crippen molar-refractivity contribution >= 4 is 23.0 Å². The van der Waals surface area contributed by atoms with Crippen molar-refractivity contribution in [1.29, 1.82) is 0 Å². The Balaban J connectivity index is 2.18. The summed E-state index contributed by atoms with van der Waals surface area (Å²) < 4.78 is 0. The van der Waals surface area contributed by atoms with E-state index in [4.69, 9.17) is 17.3 Å². The lowest BCUT2D eigenvalue weighted by Crippen LogP contribution is -2.29. The van der Waals surface area contributed by atoms with E-state index in [2.05, 4.69) is 4.90 Å². The highest BCUT2D eigenvalue weighted by Gasteiger charge is 2.26. The molecule has 2 unspecified atom stereocenters. The molecule has 0 radical (unpaired) electrons. The van der Waals surface area contributed by atoms with Gasteiger partial charge in [0.05, 0.1) is 15.6 Å². The smallest absolute Gasteiger partial charge is 0.271 e. The summed E-state index contributed by atoms with van der Waals surface area (Å²) in [6, 6.07) is 4.76. The zero-order valence-electron chi connectivity index (χ0n) is 10.2. The number of anilines is 1. The maximum atomic E-state index is 10.6. The molecule has 5 nitrogen and oxygen atoms in total. The van der Waals surface area contributed by atoms with Crippen LogP contribution in [0.4, 0.5) is 11.4 Å². The van der Waals surface area contributed by atoms with Crippen molar-refractivity contribution < 1.29 is 4.92 Å². The molecule has 0 spiro atoms. The summed E-state index contributed by atoms with van der Waals surface area (Å²) in [5, 5.41) is 11.1. The average molecular weight is 270 g/mol. The lowest BCUT2D eigenvalue weighted by molar-refractivity contribution is -0.384. The fraction of sp³-hybridized carbons (Fsp3) is 0.500. The van der Waals surface area contributed by atoms with Crippen LogP contribution in [-0.4, -0.2) is 24.1 Å². The van der Waals surface area contributed by atoms with E-state index in [0.29, 0.717) is 10.9 Å². The van der Waals surface area contributed by atoms with Gasteiger partial charge in [-0.3, -0.25) is 10.1 Å². The Bertz CT molecular complexity index is 465. The lowest BCUT2D eigenvalue weighted by atomic mass is 10.0. The van der Waals surface area contributed by atoms with Crippen molar-refractivity contribution in [2.45, 2.75) is 19.4 Å². The largest absolute Gasteiger partial charge is 0.370 e. The van der Waals surface area contributed by atoms with Crippen molar-refractivity contribution in [2.24, 2.45) is 11.7 Å². The number of nitrogens with two attached hydrogens (primary N) is 1. The topological polar surface area (TPSA) is 72.4 Å². The molecular formula is C12H16ClN3O2. The second kappa shape index (κ2) is 5.12. The molecule has 1 aromatic rings. The van der Waals surface area contributed by atoms with Crippen LogP contribution in [-0.2, 0) is 0 Å². The highest BCUT2D eigenvalue weighted by atomic mass is 35.5. The first-order valence-electron chi connectivity index (χ1n) is 5.93. The van der Waals surface area contributed by atoms with Crippen LogP contribution in [0.2, 0.25) is 5.02 Å². The van der Waals surface area contributed by atoms with Gasteiger partial charge in [0.1, 0.15) is 0 Å². The highest BCUT2D eigenvalue weighted by Crippen LogP contribution is 2.33. The Labute approximate surface area is 111 Å². The van der Waals surface area contributed by atoms with Gasteiger partial charge in [0.15, 0.2) is 0 Å². The van der Waals surface area contributed by atoms with Crippen molar-refractivity contribution in [3.8, 4) is 0 Å². The molecule has 0 aliphatic carbocycles. The number of non-ortho nitro benzene ring substituents is 1. The second-order valence-corrected chi connectivity index (χ2v) is 5.15. The number of nitrogens with zero attached hydrogens (tertiary/aromatic N) is 2. The first kappa shape index (κ1) is 13.1. The number of nitro groups is 1. The van der Waals surface area contributed by atoms with Gasteiger partial charge in [0.2, 0.25) is 0 Å². The van der Waals surface area contributed by atoms with E-state index in [1.165, 1.54) is 12.1 Å². The molecule has 18 heavy (non-hydrogen) atoms. The predicted molar refractivity (Wildman–Crippen MR) is 72.1 cm³/mol. The van der Waals surface area contributed by atoms with Crippen LogP contribution >= 0.6 is 11.6 Å². The average Bonchev–Trinajstić information content (AvgIpc) is 2.78. The summed E-state index contributed by atoms with van der Waals surface area (Å²) in [4.78, 5) is 12.3. The Hall–Kier alpha value is -1.33. The Morgan fingerprint density at radius 3 is 2.83 bits per heavy atom. The molecule has 0 saturated carbocycles. The molecule has 2 N–H and O–H groups in total. The van der Waals surface area contributed by atoms with Gasteiger partial charge in [-0.15, -0.1) is 0 Å². The third-order valence-electron chi connectivity index (χ3n) is 3.45. The molecule has 98 valence electrons. The maximum absolute atomic E-state index is 10.6. The maximum Gasteiger partial charge on any atom is 0.271 e. The van der Waals surface area contributed by atoms with Crippen molar-refractivity contribution in [2.75, 3.05) is 18.0 Å². The van der Waals surface area contributed by atoms with Gasteiger partial charge in [-0.2, -0.15) is 0 Å². The molecule has 0 bridgehead atoms. The minimum atomic E-state index is -0.440. The fourth-order valence-corrected chi connectivity index (χ4v) is 2.60. The molecule has 1 aliphatic rings. The number of hydrogen-bond acceptors (Lipinski definition) is 4. The summed E-state index contributed by atoms with van der Waals surface area (Å²) in [5.41, 5.74) is 6.76. The molecule has 2 atom stereocenters. The predicted octanol–water partition coefficient (Wildman–Crippen LogP) is 2.42. The third-order valence-corrected chi connectivity index (χ3v) is 3.75. The second-order valence-electron chi connectivity index (χ2n) is 4.75. The van der Waals surface area contributed by atoms with Gasteiger partial charge in [0.25, 0.3) is 5.69 Å². The van der Waals surface area contributed by atoms with Gasteiger partial charge >= 0.3 is 0 Å². The van der Waals surface area contributed by atoms with Crippen molar-refractivity contribution in [3.05, 3.63) is 33.3 Å². The van der Waals surface area contributed by atoms with Crippen LogP contribution in [0.1, 0.15) is 13.3 Å². The minimum Gasteiger partial charge on any atom is -0.370 e. The highest BCUT2D eigenvalue weighted by molar-refractivity contribution is 6.33. The van der Waals surface area contributed by atoms with E-state index >= 15 is 0 Å². The van der Waals surface area contributed by atoms with Gasteiger partial charge in [0, 0.05) is 31.3 Å². The van der Waals surface area contributed by atoms with Crippen LogP contribution in [0.15, 0.2) is 18.2 Å². The number of nitro benzene ring substituents is 1. The Morgan fingerprint density at radius 2 is 2.33 bits per heavy atom. The van der Waals surface area contributed by atoms with Gasteiger partial charge in [-0.05, 0) is 25.3 Å². The Morgan fingerprint density at radius 1 is 1.61 bits per heavy atom. The van der Waals surface area contributed by atoms with Gasteiger partial charge in [-0.25, -0.2) is 0 Å². The van der Waals surface area contributed by atoms with E-state index in [-0.39, 0.29) is 11.7 Å². The number of benzene rings is 1. The first-order chi connectivity index (χ1) is 8.49. The normalized spacial score (nSPS) is 21.1. The number of halogens is 1. The molecule has 1 aromatic carbocycles. The van der Waals surface area contributed by atoms with E-state index in [1.54, 1.807) is 6.07 Å². The molecule has 1 saturated heterocycles. The van der Waals surface area contributed by atoms with Gasteiger partial charge in [-0.1, -0.05) is 11.6 Å². The quantitative estimate of drug-likeness (QED) is 0.676. The third kappa shape index (κ3) is 2.57. The summed E-state index contributed by atoms with van der Waals surface area (Å²) in [6.45, 7) is 3.75. The summed E-state index contributed by atoms with van der Waals surface area (Å²) in [7, 11) is 0. The van der Waals surface area contributed by atoms with E-state index in [1.807, 2.05) is 6.92 Å². The van der Waals surface area contributed by atoms with E-state index < -0.39 is 4.92 Å². The lowest BCUT2D eigenvalue weighted by Gasteiger charge is -2.21. The van der Waals surface area contributed by atoms with E-state index in [0.717, 1.165) is 25.2 Å². The van der Waals surface area contributed by atoms with Crippen molar-refractivity contribution in [1.82, 2.24) is 0 Å². The van der Waals surface area contributed by atoms with Crippen LogP contribution in [0, 0.1) is 16.0 Å². The van der Waals surface area contributed by atoms with Crippen LogP contribution in [0.5, 0.6) is 0 Å². The molecule has 0 aromatic heterocycles. The SMILES string of the molecule is CC(N)C1CCN(c2ccc([N+](=O)[O-])cc2Cl)C1. The molecule has 1 fully saturated rings. The van der Waals surface area contributed by atoms with Crippen LogP contribution in [0.3, 0.4) is 0 Å². The molecule has 1 aliphatic heterocycles. The monoisotopic (exact) mass is 269 g/mol. The van der Waals surface area contributed by atoms with Gasteiger partial charge < -0.3 is 10.6 Å². The summed E-state index contributed by atoms with van der Waals surface area (Å²) in [6.07, 6.45) is 1.03. The summed E-state index contributed by atoms with van der Waals surface area (Å²) in [5.74, 6) is 0.455. The van der Waals surface area contributed by atoms with Crippen LogP contribution in [0.25, 0.3) is 0 Å². The molecular weight excluding hydrogens is 254 g/mol.